The average molecular weight is 252 g/mol. The van der Waals surface area contributed by atoms with E-state index in [-0.39, 0.29) is 22.8 Å². The van der Waals surface area contributed by atoms with Crippen LogP contribution in [0.15, 0.2) is 21.1 Å². The Kier molecular flexibility index (Phi) is 2.84. The zero-order valence-corrected chi connectivity index (χ0v) is 9.50. The van der Waals surface area contributed by atoms with Gasteiger partial charge in [0, 0.05) is 0 Å². The predicted octanol–water partition coefficient (Wildman–Crippen LogP) is 1.94. The molecule has 18 heavy (non-hydrogen) atoms. The van der Waals surface area contributed by atoms with E-state index in [1.807, 2.05) is 0 Å². The van der Waals surface area contributed by atoms with E-state index in [0.29, 0.717) is 0 Å². The van der Waals surface area contributed by atoms with Crippen molar-refractivity contribution in [2.45, 2.75) is 6.92 Å². The number of aromatic nitrogens is 1. The molecule has 0 saturated carbocycles. The smallest absolute Gasteiger partial charge is 0.433 e. The van der Waals surface area contributed by atoms with Gasteiger partial charge < -0.3 is 13.7 Å². The summed E-state index contributed by atoms with van der Waals surface area (Å²) < 4.78 is 14.4. The molecule has 0 unspecified atom stereocenters. The van der Waals surface area contributed by atoms with Crippen molar-refractivity contribution in [3.05, 3.63) is 33.6 Å². The summed E-state index contributed by atoms with van der Waals surface area (Å²) >= 11 is 0. The summed E-state index contributed by atoms with van der Waals surface area (Å²) in [5, 5.41) is 14.1. The van der Waals surface area contributed by atoms with Crippen LogP contribution in [0.3, 0.4) is 0 Å². The second-order valence-electron chi connectivity index (χ2n) is 3.35. The highest BCUT2D eigenvalue weighted by atomic mass is 16.6. The predicted molar refractivity (Wildman–Crippen MR) is 56.9 cm³/mol. The summed E-state index contributed by atoms with van der Waals surface area (Å²) in [4.78, 5) is 21.3. The van der Waals surface area contributed by atoms with E-state index in [2.05, 4.69) is 9.89 Å². The summed E-state index contributed by atoms with van der Waals surface area (Å²) in [6.45, 7) is 1.53. The molecule has 2 aromatic rings. The van der Waals surface area contributed by atoms with Crippen LogP contribution in [0.1, 0.15) is 16.1 Å². The lowest BCUT2D eigenvalue weighted by Crippen LogP contribution is -2.03. The first-order chi connectivity index (χ1) is 8.54. The molecule has 0 saturated heterocycles. The molecule has 2 aromatic heterocycles. The minimum atomic E-state index is -0.686. The molecular formula is C10H8N2O6. The Morgan fingerprint density at radius 1 is 1.50 bits per heavy atom. The highest BCUT2D eigenvalue weighted by Crippen LogP contribution is 2.29. The Balaban J connectivity index is 2.50. The van der Waals surface area contributed by atoms with Crippen LogP contribution < -0.4 is 0 Å². The van der Waals surface area contributed by atoms with E-state index < -0.39 is 16.8 Å². The number of carbonyl (C=O) groups is 1. The van der Waals surface area contributed by atoms with Crippen molar-refractivity contribution >= 4 is 11.9 Å². The number of carbonyl (C=O) groups excluding carboxylic acids is 1. The Hall–Kier alpha value is -2.64. The molecule has 0 radical (unpaired) electrons. The van der Waals surface area contributed by atoms with Crippen molar-refractivity contribution in [3.8, 4) is 11.5 Å². The van der Waals surface area contributed by atoms with Gasteiger partial charge in [-0.05, 0) is 13.0 Å². The van der Waals surface area contributed by atoms with Gasteiger partial charge in [-0.3, -0.25) is 10.1 Å². The van der Waals surface area contributed by atoms with E-state index in [1.165, 1.54) is 26.2 Å². The highest BCUT2D eigenvalue weighted by Gasteiger charge is 2.25. The zero-order valence-electron chi connectivity index (χ0n) is 9.50. The van der Waals surface area contributed by atoms with Crippen LogP contribution in [-0.4, -0.2) is 23.2 Å². The molecule has 8 nitrogen and oxygen atoms in total. The van der Waals surface area contributed by atoms with Crippen LogP contribution in [0.2, 0.25) is 0 Å². The summed E-state index contributed by atoms with van der Waals surface area (Å²) in [5.41, 5.74) is 0.161. The van der Waals surface area contributed by atoms with Crippen LogP contribution in [0.5, 0.6) is 0 Å². The van der Waals surface area contributed by atoms with Crippen molar-refractivity contribution in [1.82, 2.24) is 5.16 Å². The first kappa shape index (κ1) is 11.8. The van der Waals surface area contributed by atoms with Crippen molar-refractivity contribution in [1.29, 1.82) is 0 Å². The van der Waals surface area contributed by atoms with Gasteiger partial charge in [0.15, 0.2) is 11.5 Å². The van der Waals surface area contributed by atoms with E-state index >= 15 is 0 Å². The van der Waals surface area contributed by atoms with Crippen LogP contribution >= 0.6 is 0 Å². The maximum Gasteiger partial charge on any atom is 0.433 e. The second kappa shape index (κ2) is 4.32. The monoisotopic (exact) mass is 252 g/mol. The van der Waals surface area contributed by atoms with Gasteiger partial charge in [-0.1, -0.05) is 5.16 Å². The Morgan fingerprint density at radius 2 is 2.22 bits per heavy atom. The lowest BCUT2D eigenvalue weighted by molar-refractivity contribution is -0.401. The molecule has 8 heteroatoms. The van der Waals surface area contributed by atoms with Crippen molar-refractivity contribution in [2.24, 2.45) is 0 Å². The summed E-state index contributed by atoms with van der Waals surface area (Å²) in [5.74, 6) is -0.779. The van der Waals surface area contributed by atoms with Gasteiger partial charge in [0.05, 0.1) is 13.2 Å². The second-order valence-corrected chi connectivity index (χ2v) is 3.35. The minimum Gasteiger partial charge on any atom is -0.465 e. The maximum atomic E-state index is 11.5. The third-order valence-corrected chi connectivity index (χ3v) is 2.26. The lowest BCUT2D eigenvalue weighted by atomic mass is 10.1. The molecule has 94 valence electrons. The Labute approximate surface area is 100 Å². The summed E-state index contributed by atoms with van der Waals surface area (Å²) in [6.07, 6.45) is 0. The molecule has 2 heterocycles. The van der Waals surface area contributed by atoms with E-state index in [9.17, 15) is 14.9 Å². The molecule has 0 bridgehead atoms. The zero-order chi connectivity index (χ0) is 13.3. The first-order valence-corrected chi connectivity index (χ1v) is 4.83. The SMILES string of the molecule is COC(=O)c1c(-c2ccc([N+](=O)[O-])o2)noc1C. The third-order valence-electron chi connectivity index (χ3n) is 2.26. The fraction of sp³-hybridized carbons (Fsp3) is 0.200. The van der Waals surface area contributed by atoms with Crippen molar-refractivity contribution in [3.63, 3.8) is 0 Å². The third kappa shape index (κ3) is 1.83. The maximum absolute atomic E-state index is 11.5. The number of hydrogen-bond donors (Lipinski definition) is 0. The molecule has 0 N–H and O–H groups in total. The van der Waals surface area contributed by atoms with E-state index in [1.54, 1.807) is 0 Å². The molecule has 0 aliphatic rings. The molecule has 0 aromatic carbocycles. The number of aryl methyl sites for hydroxylation is 1. The highest BCUT2D eigenvalue weighted by molar-refractivity contribution is 5.96. The van der Waals surface area contributed by atoms with Crippen molar-refractivity contribution < 1.29 is 23.4 Å². The van der Waals surface area contributed by atoms with Gasteiger partial charge in [-0.15, -0.1) is 0 Å². The average Bonchev–Trinajstić information content (AvgIpc) is 2.94. The van der Waals surface area contributed by atoms with E-state index in [0.717, 1.165) is 0 Å². The van der Waals surface area contributed by atoms with Gasteiger partial charge in [0.2, 0.25) is 0 Å². The number of methoxy groups -OCH3 is 1. The molecule has 0 amide bonds. The van der Waals surface area contributed by atoms with Crippen LogP contribution in [0.4, 0.5) is 5.88 Å². The standard InChI is InChI=1S/C10H8N2O6/c1-5-8(10(13)16-2)9(11-18-5)6-3-4-7(17-6)12(14)15/h3-4H,1-2H3. The number of rotatable bonds is 3. The molecule has 0 aliphatic heterocycles. The fourth-order valence-electron chi connectivity index (χ4n) is 1.44. The van der Waals surface area contributed by atoms with Gasteiger partial charge in [-0.2, -0.15) is 0 Å². The minimum absolute atomic E-state index is 0.0685. The first-order valence-electron chi connectivity index (χ1n) is 4.83. The molecule has 0 fully saturated rings. The Bertz CT molecular complexity index is 612. The van der Waals surface area contributed by atoms with Crippen LogP contribution in [-0.2, 0) is 4.74 Å². The quantitative estimate of drug-likeness (QED) is 0.466. The number of nitrogens with zero attached hydrogens (tertiary/aromatic N) is 2. The van der Waals surface area contributed by atoms with E-state index in [4.69, 9.17) is 8.94 Å². The lowest BCUT2D eigenvalue weighted by Gasteiger charge is -1.97. The number of furan rings is 1. The number of ether oxygens (including phenoxy) is 1. The number of nitro groups is 1. The number of esters is 1. The molecule has 0 aliphatic carbocycles. The molecule has 2 rings (SSSR count). The normalized spacial score (nSPS) is 10.3. The van der Waals surface area contributed by atoms with Crippen LogP contribution in [0.25, 0.3) is 11.5 Å². The van der Waals surface area contributed by atoms with Gasteiger partial charge in [0.25, 0.3) is 0 Å². The largest absolute Gasteiger partial charge is 0.465 e. The molecular weight excluding hydrogens is 244 g/mol. The molecule has 0 spiro atoms. The number of hydrogen-bond acceptors (Lipinski definition) is 7. The fourth-order valence-corrected chi connectivity index (χ4v) is 1.44. The van der Waals surface area contributed by atoms with Crippen LogP contribution in [0, 0.1) is 17.0 Å². The Morgan fingerprint density at radius 3 is 2.78 bits per heavy atom. The van der Waals surface area contributed by atoms with Gasteiger partial charge in [-0.25, -0.2) is 4.79 Å². The summed E-state index contributed by atoms with van der Waals surface area (Å²) in [6, 6.07) is 2.50. The van der Waals surface area contributed by atoms with Gasteiger partial charge in [0.1, 0.15) is 16.2 Å². The van der Waals surface area contributed by atoms with Crippen molar-refractivity contribution in [2.75, 3.05) is 7.11 Å². The van der Waals surface area contributed by atoms with Gasteiger partial charge >= 0.3 is 11.9 Å². The summed E-state index contributed by atoms with van der Waals surface area (Å²) in [7, 11) is 1.21. The topological polar surface area (TPSA) is 109 Å². The molecule has 0 atom stereocenters.